The Morgan fingerprint density at radius 2 is 1.82 bits per heavy atom. The predicted molar refractivity (Wildman–Crippen MR) is 80.7 cm³/mol. The molecule has 0 bridgehead atoms. The average molecular weight is 331 g/mol. The van der Waals surface area contributed by atoms with Crippen molar-refractivity contribution in [2.24, 2.45) is 5.92 Å². The molecule has 4 atom stereocenters. The minimum absolute atomic E-state index is 0.0395. The molecule has 0 unspecified atom stereocenters. The number of rotatable bonds is 2. The highest BCUT2D eigenvalue weighted by molar-refractivity contribution is 7.84. The maximum Gasteiger partial charge on any atom is 0.416 e. The zero-order valence-corrected chi connectivity index (χ0v) is 13.9. The summed E-state index contributed by atoms with van der Waals surface area (Å²) < 4.78 is 52.7. The van der Waals surface area contributed by atoms with Crippen molar-refractivity contribution >= 4 is 11.0 Å². The quantitative estimate of drug-likeness (QED) is 0.793. The molecular formula is C16H20F3NOS. The molecule has 0 N–H and O–H groups in total. The highest BCUT2D eigenvalue weighted by Gasteiger charge is 2.55. The summed E-state index contributed by atoms with van der Waals surface area (Å²) in [6, 6.07) is 3.96. The molecule has 6 heteroatoms. The van der Waals surface area contributed by atoms with E-state index in [0.717, 1.165) is 23.6 Å². The lowest BCUT2D eigenvalue weighted by molar-refractivity contribution is -0.137. The first-order chi connectivity index (χ1) is 10.0. The van der Waals surface area contributed by atoms with E-state index in [2.05, 4.69) is 0 Å². The molecule has 1 aromatic rings. The van der Waals surface area contributed by atoms with Crippen LogP contribution in [0, 0.1) is 5.92 Å². The van der Waals surface area contributed by atoms with Crippen LogP contribution in [0.5, 0.6) is 0 Å². The zero-order valence-electron chi connectivity index (χ0n) is 13.1. The molecule has 0 aromatic heterocycles. The summed E-state index contributed by atoms with van der Waals surface area (Å²) in [5, 5.41) is 0. The lowest BCUT2D eigenvalue weighted by atomic mass is 10.00. The van der Waals surface area contributed by atoms with E-state index in [-0.39, 0.29) is 16.7 Å². The minimum atomic E-state index is -4.31. The fraction of sp³-hybridized carbons (Fsp3) is 0.625. The second-order valence-corrected chi connectivity index (χ2v) is 9.50. The lowest BCUT2D eigenvalue weighted by Gasteiger charge is -2.31. The van der Waals surface area contributed by atoms with Gasteiger partial charge in [0, 0.05) is 7.05 Å². The van der Waals surface area contributed by atoms with Crippen LogP contribution in [-0.4, -0.2) is 20.3 Å². The van der Waals surface area contributed by atoms with Crippen molar-refractivity contribution in [2.75, 3.05) is 7.05 Å². The summed E-state index contributed by atoms with van der Waals surface area (Å²) in [5.41, 5.74) is 1.12. The standard InChI is InChI=1S/C16H20F3NOS/c1-15(2,3)22(21)20(4)14-10-6-5-9(16(17,18)19)7-11(10)12-8-13(12)14/h5-7,12-14H,8H2,1-4H3/t12-,13-,14+,22-/m1/s1. The van der Waals surface area contributed by atoms with E-state index in [1.54, 1.807) is 6.07 Å². The largest absolute Gasteiger partial charge is 0.416 e. The summed E-state index contributed by atoms with van der Waals surface area (Å²) in [6.45, 7) is 5.73. The van der Waals surface area contributed by atoms with Crippen molar-refractivity contribution in [3.05, 3.63) is 34.9 Å². The number of hydrogen-bond donors (Lipinski definition) is 0. The van der Waals surface area contributed by atoms with E-state index in [1.165, 1.54) is 6.07 Å². The van der Waals surface area contributed by atoms with Gasteiger partial charge in [-0.2, -0.15) is 13.2 Å². The van der Waals surface area contributed by atoms with Crippen LogP contribution in [0.2, 0.25) is 0 Å². The van der Waals surface area contributed by atoms with Gasteiger partial charge < -0.3 is 0 Å². The Bertz CT molecular complexity index is 635. The lowest BCUT2D eigenvalue weighted by Crippen LogP contribution is -2.37. The molecule has 0 heterocycles. The number of halogens is 3. The van der Waals surface area contributed by atoms with Crippen LogP contribution in [0.4, 0.5) is 13.2 Å². The van der Waals surface area contributed by atoms with E-state index in [9.17, 15) is 17.4 Å². The Morgan fingerprint density at radius 1 is 1.18 bits per heavy atom. The Kier molecular flexibility index (Phi) is 3.49. The van der Waals surface area contributed by atoms with Gasteiger partial charge in [-0.3, -0.25) is 0 Å². The molecule has 0 saturated heterocycles. The molecule has 3 rings (SSSR count). The first-order valence-electron chi connectivity index (χ1n) is 7.37. The Balaban J connectivity index is 1.95. The molecule has 0 radical (unpaired) electrons. The zero-order chi connectivity index (χ0) is 16.4. The third-order valence-electron chi connectivity index (χ3n) is 4.55. The topological polar surface area (TPSA) is 20.3 Å². The van der Waals surface area contributed by atoms with E-state index >= 15 is 0 Å². The molecule has 1 saturated carbocycles. The fourth-order valence-electron chi connectivity index (χ4n) is 3.49. The predicted octanol–water partition coefficient (Wildman–Crippen LogP) is 4.26. The Hall–Kier alpha value is -0.880. The van der Waals surface area contributed by atoms with E-state index in [4.69, 9.17) is 0 Å². The van der Waals surface area contributed by atoms with Crippen LogP contribution in [0.15, 0.2) is 18.2 Å². The van der Waals surface area contributed by atoms with Crippen molar-refractivity contribution in [3.8, 4) is 0 Å². The van der Waals surface area contributed by atoms with Gasteiger partial charge in [-0.05, 0) is 62.3 Å². The highest BCUT2D eigenvalue weighted by Crippen LogP contribution is 2.64. The van der Waals surface area contributed by atoms with Gasteiger partial charge in [0.05, 0.1) is 16.4 Å². The van der Waals surface area contributed by atoms with Gasteiger partial charge in [-0.25, -0.2) is 8.51 Å². The van der Waals surface area contributed by atoms with E-state index < -0.39 is 22.7 Å². The van der Waals surface area contributed by atoms with Crippen LogP contribution >= 0.6 is 0 Å². The third-order valence-corrected chi connectivity index (χ3v) is 6.35. The number of hydrogen-bond acceptors (Lipinski definition) is 1. The first-order valence-corrected chi connectivity index (χ1v) is 8.48. The molecule has 0 amide bonds. The average Bonchev–Trinajstić information content (AvgIpc) is 3.10. The van der Waals surface area contributed by atoms with Gasteiger partial charge in [0.1, 0.15) is 11.0 Å². The monoisotopic (exact) mass is 331 g/mol. The second kappa shape index (κ2) is 4.81. The molecular weight excluding hydrogens is 311 g/mol. The summed E-state index contributed by atoms with van der Waals surface area (Å²) >= 11 is 0. The smallest absolute Gasteiger partial charge is 0.242 e. The normalized spacial score (nSPS) is 28.5. The van der Waals surface area contributed by atoms with Gasteiger partial charge in [0.2, 0.25) is 0 Å². The molecule has 0 aliphatic heterocycles. The van der Waals surface area contributed by atoms with E-state index in [1.807, 2.05) is 32.1 Å². The van der Waals surface area contributed by atoms with Crippen LogP contribution in [-0.2, 0) is 17.2 Å². The van der Waals surface area contributed by atoms with Crippen molar-refractivity contribution < 1.29 is 17.4 Å². The molecule has 2 aliphatic rings. The Labute approximate surface area is 131 Å². The summed E-state index contributed by atoms with van der Waals surface area (Å²) in [6.07, 6.45) is -3.41. The van der Waals surface area contributed by atoms with Crippen molar-refractivity contribution in [3.63, 3.8) is 0 Å². The second-order valence-electron chi connectivity index (χ2n) is 7.20. The van der Waals surface area contributed by atoms with Crippen molar-refractivity contribution in [1.82, 2.24) is 4.31 Å². The van der Waals surface area contributed by atoms with Crippen molar-refractivity contribution in [1.29, 1.82) is 0 Å². The number of alkyl halides is 3. The fourth-order valence-corrected chi connectivity index (χ4v) is 4.83. The third kappa shape index (κ3) is 2.50. The van der Waals surface area contributed by atoms with E-state index in [0.29, 0.717) is 5.92 Å². The highest BCUT2D eigenvalue weighted by atomic mass is 32.2. The maximum atomic E-state index is 12.9. The molecule has 1 fully saturated rings. The molecule has 0 spiro atoms. The Morgan fingerprint density at radius 3 is 2.36 bits per heavy atom. The van der Waals surface area contributed by atoms with Crippen LogP contribution in [0.1, 0.15) is 55.8 Å². The van der Waals surface area contributed by atoms with Gasteiger partial charge in [-0.1, -0.05) is 6.07 Å². The minimum Gasteiger partial charge on any atom is -0.242 e. The summed E-state index contributed by atoms with van der Waals surface area (Å²) in [7, 11) is 0.629. The molecule has 22 heavy (non-hydrogen) atoms. The van der Waals surface area contributed by atoms with Crippen molar-refractivity contribution in [2.45, 2.75) is 50.1 Å². The molecule has 122 valence electrons. The first kappa shape index (κ1) is 16.0. The maximum absolute atomic E-state index is 12.9. The summed E-state index contributed by atoms with van der Waals surface area (Å²) in [5.74, 6) is 0.497. The number of fused-ring (bicyclic) bond motifs is 3. The summed E-state index contributed by atoms with van der Waals surface area (Å²) in [4.78, 5) is 0. The SMILES string of the molecule is CN([C@H]1c2ccc(C(F)(F)F)cc2[C@H]2C[C@H]21)[S@](=O)C(C)(C)C. The van der Waals surface area contributed by atoms with Crippen LogP contribution < -0.4 is 0 Å². The molecule has 2 aliphatic carbocycles. The number of benzene rings is 1. The van der Waals surface area contributed by atoms with Gasteiger partial charge in [0.15, 0.2) is 0 Å². The van der Waals surface area contributed by atoms with Crippen LogP contribution in [0.3, 0.4) is 0 Å². The van der Waals surface area contributed by atoms with Gasteiger partial charge in [-0.15, -0.1) is 0 Å². The number of nitrogens with zero attached hydrogens (tertiary/aromatic N) is 1. The van der Waals surface area contributed by atoms with Gasteiger partial charge in [0.25, 0.3) is 0 Å². The molecule has 2 nitrogen and oxygen atoms in total. The van der Waals surface area contributed by atoms with Crippen LogP contribution in [0.25, 0.3) is 0 Å². The molecule has 1 aromatic carbocycles. The van der Waals surface area contributed by atoms with Gasteiger partial charge >= 0.3 is 6.18 Å².